The number of benzene rings is 2. The molecule has 0 saturated carbocycles. The van der Waals surface area contributed by atoms with Gasteiger partial charge in [0, 0.05) is 12.1 Å². The predicted octanol–water partition coefficient (Wildman–Crippen LogP) is -0.402. The maximum atomic E-state index is 12.6. The number of rotatable bonds is 4. The van der Waals surface area contributed by atoms with Crippen LogP contribution in [0.15, 0.2) is 36.1 Å². The second kappa shape index (κ2) is 8.30. The normalized spacial score (nSPS) is 28.4. The monoisotopic (exact) mass is 448 g/mol. The zero-order valence-corrected chi connectivity index (χ0v) is 16.3. The van der Waals surface area contributed by atoms with Gasteiger partial charge in [0.1, 0.15) is 47.2 Å². The lowest BCUT2D eigenvalue weighted by Gasteiger charge is -2.39. The molecule has 1 saturated heterocycles. The van der Waals surface area contributed by atoms with Crippen LogP contribution in [-0.4, -0.2) is 78.8 Å². The highest BCUT2D eigenvalue weighted by molar-refractivity contribution is 6.16. The highest BCUT2D eigenvalue weighted by Crippen LogP contribution is 2.42. The SMILES string of the molecule is O=C1C(=Cc2ccc(O)c(O)c2)Oc2cc(OC3OC(CO)C(O)C(O)C3O)cc(O)c21. The number of carbonyl (C=O) groups is 1. The van der Waals surface area contributed by atoms with Crippen molar-refractivity contribution >= 4 is 11.9 Å². The van der Waals surface area contributed by atoms with Crippen LogP contribution in [0, 0.1) is 0 Å². The summed E-state index contributed by atoms with van der Waals surface area (Å²) < 4.78 is 16.2. The van der Waals surface area contributed by atoms with E-state index in [4.69, 9.17) is 14.2 Å². The van der Waals surface area contributed by atoms with Gasteiger partial charge in [-0.05, 0) is 23.8 Å². The van der Waals surface area contributed by atoms with Crippen LogP contribution in [0.4, 0.5) is 0 Å². The number of allylic oxidation sites excluding steroid dienone is 1. The summed E-state index contributed by atoms with van der Waals surface area (Å²) in [5.74, 6) is -2.13. The van der Waals surface area contributed by atoms with E-state index in [1.54, 1.807) is 0 Å². The molecule has 1 fully saturated rings. The second-order valence-electron chi connectivity index (χ2n) is 7.32. The van der Waals surface area contributed by atoms with E-state index >= 15 is 0 Å². The molecule has 2 aliphatic heterocycles. The molecule has 5 unspecified atom stereocenters. The Balaban J connectivity index is 1.58. The lowest BCUT2D eigenvalue weighted by molar-refractivity contribution is -0.277. The van der Waals surface area contributed by atoms with Gasteiger partial charge >= 0.3 is 0 Å². The molecule has 7 N–H and O–H groups in total. The fraction of sp³-hybridized carbons (Fsp3) is 0.286. The molecule has 0 amide bonds. The van der Waals surface area contributed by atoms with Crippen molar-refractivity contribution in [3.05, 3.63) is 47.2 Å². The molecule has 2 aliphatic rings. The predicted molar refractivity (Wildman–Crippen MR) is 105 cm³/mol. The Morgan fingerprint density at radius 3 is 2.38 bits per heavy atom. The van der Waals surface area contributed by atoms with Crippen molar-refractivity contribution in [3.8, 4) is 28.7 Å². The summed E-state index contributed by atoms with van der Waals surface area (Å²) in [5.41, 5.74) is 0.217. The molecule has 2 heterocycles. The molecule has 0 aromatic heterocycles. The Kier molecular flexibility index (Phi) is 5.67. The maximum absolute atomic E-state index is 12.6. The molecular formula is C21H20O11. The van der Waals surface area contributed by atoms with Gasteiger partial charge in [0.25, 0.3) is 0 Å². The summed E-state index contributed by atoms with van der Waals surface area (Å²) in [7, 11) is 0. The zero-order valence-electron chi connectivity index (χ0n) is 16.3. The number of Topliss-reactive ketones (excluding diaryl/α,β-unsaturated/α-hetero) is 1. The number of ether oxygens (including phenoxy) is 3. The van der Waals surface area contributed by atoms with E-state index in [2.05, 4.69) is 0 Å². The summed E-state index contributed by atoms with van der Waals surface area (Å²) in [4.78, 5) is 12.6. The summed E-state index contributed by atoms with van der Waals surface area (Å²) >= 11 is 0. The van der Waals surface area contributed by atoms with E-state index in [0.717, 1.165) is 6.07 Å². The number of aliphatic hydroxyl groups excluding tert-OH is 4. The third kappa shape index (κ3) is 3.83. The van der Waals surface area contributed by atoms with Gasteiger partial charge in [-0.25, -0.2) is 0 Å². The molecule has 0 aliphatic carbocycles. The molecule has 0 radical (unpaired) electrons. The topological polar surface area (TPSA) is 186 Å². The van der Waals surface area contributed by atoms with Crippen LogP contribution in [-0.2, 0) is 4.74 Å². The Morgan fingerprint density at radius 1 is 0.938 bits per heavy atom. The van der Waals surface area contributed by atoms with Gasteiger partial charge < -0.3 is 50.0 Å². The van der Waals surface area contributed by atoms with Crippen molar-refractivity contribution in [1.29, 1.82) is 0 Å². The molecule has 2 aromatic rings. The number of aromatic hydroxyl groups is 3. The van der Waals surface area contributed by atoms with Crippen molar-refractivity contribution in [3.63, 3.8) is 0 Å². The summed E-state index contributed by atoms with van der Waals surface area (Å²) in [6.45, 7) is -0.640. The van der Waals surface area contributed by atoms with E-state index in [0.29, 0.717) is 5.56 Å². The third-order valence-electron chi connectivity index (χ3n) is 5.12. The minimum atomic E-state index is -1.66. The average molecular weight is 448 g/mol. The molecule has 32 heavy (non-hydrogen) atoms. The number of ketones is 1. The fourth-order valence-corrected chi connectivity index (χ4v) is 3.42. The summed E-state index contributed by atoms with van der Waals surface area (Å²) in [5, 5.41) is 68.4. The number of fused-ring (bicyclic) bond motifs is 1. The third-order valence-corrected chi connectivity index (χ3v) is 5.12. The van der Waals surface area contributed by atoms with Crippen LogP contribution in [0.5, 0.6) is 28.7 Å². The van der Waals surface area contributed by atoms with Crippen LogP contribution in [0.2, 0.25) is 0 Å². The molecule has 0 bridgehead atoms. The number of phenols is 3. The summed E-state index contributed by atoms with van der Waals surface area (Å²) in [6.07, 6.45) is -6.24. The van der Waals surface area contributed by atoms with E-state index < -0.39 is 48.8 Å². The van der Waals surface area contributed by atoms with Crippen molar-refractivity contribution < 1.29 is 54.8 Å². The minimum absolute atomic E-state index is 0.0520. The first-order valence-electron chi connectivity index (χ1n) is 9.50. The number of aliphatic hydroxyl groups is 4. The smallest absolute Gasteiger partial charge is 0.235 e. The van der Waals surface area contributed by atoms with Crippen molar-refractivity contribution in [2.45, 2.75) is 30.7 Å². The number of hydrogen-bond donors (Lipinski definition) is 7. The number of hydrogen-bond acceptors (Lipinski definition) is 11. The fourth-order valence-electron chi connectivity index (χ4n) is 3.42. The molecule has 0 spiro atoms. The number of phenolic OH excluding ortho intramolecular Hbond substituents is 3. The molecule has 170 valence electrons. The van der Waals surface area contributed by atoms with E-state index in [9.17, 15) is 40.5 Å². The maximum Gasteiger partial charge on any atom is 0.235 e. The van der Waals surface area contributed by atoms with Crippen LogP contribution < -0.4 is 9.47 Å². The lowest BCUT2D eigenvalue weighted by Crippen LogP contribution is -2.60. The van der Waals surface area contributed by atoms with E-state index in [1.165, 1.54) is 30.3 Å². The van der Waals surface area contributed by atoms with Gasteiger partial charge in [0.05, 0.1) is 6.61 Å². The standard InChI is InChI=1S/C21H20O11/c22-7-15-18(27)19(28)20(29)21(32-15)30-9-5-12(25)16-13(6-9)31-14(17(16)26)4-8-1-2-10(23)11(24)3-8/h1-6,15,18-25,27-29H,7H2. The highest BCUT2D eigenvalue weighted by Gasteiger charge is 2.45. The van der Waals surface area contributed by atoms with Crippen LogP contribution in [0.25, 0.3) is 6.08 Å². The quantitative estimate of drug-likeness (QED) is 0.238. The average Bonchev–Trinajstić information content (AvgIpc) is 3.06. The van der Waals surface area contributed by atoms with Gasteiger partial charge in [-0.2, -0.15) is 0 Å². The van der Waals surface area contributed by atoms with E-state index in [1.807, 2.05) is 0 Å². The Labute approximate surface area is 180 Å². The Hall–Kier alpha value is -3.35. The van der Waals surface area contributed by atoms with Crippen LogP contribution >= 0.6 is 0 Å². The molecule has 4 rings (SSSR count). The van der Waals surface area contributed by atoms with Gasteiger partial charge in [0.2, 0.25) is 12.1 Å². The first-order chi connectivity index (χ1) is 15.2. The largest absolute Gasteiger partial charge is 0.507 e. The Morgan fingerprint density at radius 2 is 1.69 bits per heavy atom. The molecule has 5 atom stereocenters. The minimum Gasteiger partial charge on any atom is -0.507 e. The Bertz CT molecular complexity index is 1080. The molecule has 11 nitrogen and oxygen atoms in total. The van der Waals surface area contributed by atoms with Crippen molar-refractivity contribution in [2.75, 3.05) is 6.61 Å². The zero-order chi connectivity index (χ0) is 23.2. The second-order valence-corrected chi connectivity index (χ2v) is 7.32. The lowest BCUT2D eigenvalue weighted by atomic mass is 9.99. The molecule has 2 aromatic carbocycles. The molecule has 11 heteroatoms. The first-order valence-corrected chi connectivity index (χ1v) is 9.50. The van der Waals surface area contributed by atoms with Crippen LogP contribution in [0.3, 0.4) is 0 Å². The van der Waals surface area contributed by atoms with Gasteiger partial charge in [-0.3, -0.25) is 4.79 Å². The van der Waals surface area contributed by atoms with Gasteiger partial charge in [-0.1, -0.05) is 6.07 Å². The first kappa shape index (κ1) is 21.9. The summed E-state index contributed by atoms with van der Waals surface area (Å²) in [6, 6.07) is 6.23. The number of carbonyl (C=O) groups excluding carboxylic acids is 1. The van der Waals surface area contributed by atoms with E-state index in [-0.39, 0.29) is 34.3 Å². The molecular weight excluding hydrogens is 428 g/mol. The van der Waals surface area contributed by atoms with Gasteiger partial charge in [0.15, 0.2) is 17.3 Å². The van der Waals surface area contributed by atoms with Gasteiger partial charge in [-0.15, -0.1) is 0 Å². The highest BCUT2D eigenvalue weighted by atomic mass is 16.7. The van der Waals surface area contributed by atoms with Crippen LogP contribution in [0.1, 0.15) is 15.9 Å². The van der Waals surface area contributed by atoms with Crippen molar-refractivity contribution in [2.24, 2.45) is 0 Å². The van der Waals surface area contributed by atoms with Crippen molar-refractivity contribution in [1.82, 2.24) is 0 Å².